The summed E-state index contributed by atoms with van der Waals surface area (Å²) < 4.78 is 6.53. The third kappa shape index (κ3) is 3.68. The van der Waals surface area contributed by atoms with Crippen molar-refractivity contribution in [3.63, 3.8) is 0 Å². The number of H-pyrrole nitrogens is 1. The molecule has 0 radical (unpaired) electrons. The lowest BCUT2D eigenvalue weighted by atomic mass is 10.2. The summed E-state index contributed by atoms with van der Waals surface area (Å²) in [5.41, 5.74) is -0.00277. The molecule has 0 aliphatic heterocycles. The van der Waals surface area contributed by atoms with Gasteiger partial charge in [0, 0.05) is 6.92 Å². The van der Waals surface area contributed by atoms with E-state index in [-0.39, 0.29) is 0 Å². The van der Waals surface area contributed by atoms with Gasteiger partial charge in [-0.15, -0.1) is 4.68 Å². The Labute approximate surface area is 155 Å². The number of aromatic nitrogens is 2. The van der Waals surface area contributed by atoms with Crippen molar-refractivity contribution in [1.29, 1.82) is 0 Å². The van der Waals surface area contributed by atoms with Crippen molar-refractivity contribution in [3.8, 4) is 5.75 Å². The number of carbonyl (C=O) groups excluding carboxylic acids is 1. The first-order chi connectivity index (χ1) is 12.0. The number of para-hydroxylation sites is 1. The molecule has 0 unspecified atom stereocenters. The number of esters is 1. The fourth-order valence-corrected chi connectivity index (χ4v) is 2.87. The van der Waals surface area contributed by atoms with E-state index in [1.54, 1.807) is 42.5 Å². The van der Waals surface area contributed by atoms with Crippen LogP contribution in [0.15, 0.2) is 57.2 Å². The van der Waals surface area contributed by atoms with Gasteiger partial charge in [0.05, 0.1) is 20.7 Å². The molecule has 0 saturated heterocycles. The predicted molar refractivity (Wildman–Crippen MR) is 102 cm³/mol. The van der Waals surface area contributed by atoms with Crippen LogP contribution in [-0.4, -0.2) is 21.8 Å². The number of hydrogen-bond donors (Lipinski definition) is 1. The number of halogens is 1. The average Bonchev–Trinajstić information content (AvgIpc) is 2.56. The number of hydrogen-bond acceptors (Lipinski definition) is 5. The van der Waals surface area contributed by atoms with Crippen molar-refractivity contribution >= 4 is 45.7 Å². The first-order valence-electron chi connectivity index (χ1n) is 7.22. The third-order valence-electron chi connectivity index (χ3n) is 3.32. The van der Waals surface area contributed by atoms with E-state index in [1.165, 1.54) is 13.1 Å². The second kappa shape index (κ2) is 7.01. The summed E-state index contributed by atoms with van der Waals surface area (Å²) in [5, 5.41) is 4.36. The minimum absolute atomic E-state index is 0.374. The molecule has 0 aliphatic carbocycles. The summed E-state index contributed by atoms with van der Waals surface area (Å²) in [4.78, 5) is 38.1. The van der Waals surface area contributed by atoms with Gasteiger partial charge < -0.3 is 9.72 Å². The Morgan fingerprint density at radius 1 is 1.24 bits per heavy atom. The van der Waals surface area contributed by atoms with Gasteiger partial charge in [-0.3, -0.25) is 9.59 Å². The van der Waals surface area contributed by atoms with Crippen LogP contribution in [0.25, 0.3) is 10.9 Å². The fraction of sp³-hybridized carbons (Fsp3) is 0.0588. The molecule has 0 spiro atoms. The summed E-state index contributed by atoms with van der Waals surface area (Å²) in [6.45, 7) is 1.32. The monoisotopic (exact) mass is 449 g/mol. The van der Waals surface area contributed by atoms with Crippen molar-refractivity contribution < 1.29 is 9.53 Å². The quantitative estimate of drug-likeness (QED) is 0.287. The Kier molecular flexibility index (Phi) is 4.79. The summed E-state index contributed by atoms with van der Waals surface area (Å²) in [6, 6.07) is 11.7. The van der Waals surface area contributed by atoms with Gasteiger partial charge in [-0.05, 0) is 58.5 Å². The van der Waals surface area contributed by atoms with E-state index in [1.807, 2.05) is 22.6 Å². The zero-order valence-corrected chi connectivity index (χ0v) is 15.2. The standard InChI is InChI=1S/C17H12IN3O4/c1-10(22)25-15-7-6-11(8-13(15)18)9-19-21-16(23)12-4-2-3-5-14(12)20-17(21)24/h2-9H,1H3,(H,20,24). The van der Waals surface area contributed by atoms with Crippen LogP contribution in [-0.2, 0) is 4.79 Å². The van der Waals surface area contributed by atoms with Crippen molar-refractivity contribution in [2.24, 2.45) is 5.10 Å². The maximum absolute atomic E-state index is 12.4. The van der Waals surface area contributed by atoms with Crippen LogP contribution >= 0.6 is 22.6 Å². The van der Waals surface area contributed by atoms with Crippen LogP contribution in [0.5, 0.6) is 5.75 Å². The van der Waals surface area contributed by atoms with Crippen molar-refractivity contribution in [3.05, 3.63) is 72.4 Å². The largest absolute Gasteiger partial charge is 0.426 e. The van der Waals surface area contributed by atoms with Gasteiger partial charge >= 0.3 is 11.7 Å². The molecular weight excluding hydrogens is 437 g/mol. The Balaban J connectivity index is 1.99. The van der Waals surface area contributed by atoms with Crippen LogP contribution < -0.4 is 16.0 Å². The van der Waals surface area contributed by atoms with E-state index in [9.17, 15) is 14.4 Å². The molecule has 0 atom stereocenters. The number of nitrogens with zero attached hydrogens (tertiary/aromatic N) is 2. The minimum atomic E-state index is -0.619. The van der Waals surface area contributed by atoms with Gasteiger partial charge in [0.15, 0.2) is 0 Å². The SMILES string of the molecule is CC(=O)Oc1ccc(C=Nn2c(=O)[nH]c3ccccc3c2=O)cc1I. The molecule has 0 fully saturated rings. The summed E-state index contributed by atoms with van der Waals surface area (Å²) in [5.74, 6) is 0.0274. The first kappa shape index (κ1) is 17.1. The van der Waals surface area contributed by atoms with Gasteiger partial charge in [0.1, 0.15) is 5.75 Å². The molecule has 0 aliphatic rings. The van der Waals surface area contributed by atoms with E-state index in [0.29, 0.717) is 25.8 Å². The van der Waals surface area contributed by atoms with E-state index in [4.69, 9.17) is 4.74 Å². The molecule has 1 N–H and O–H groups in total. The summed E-state index contributed by atoms with van der Waals surface area (Å²) >= 11 is 2.02. The Morgan fingerprint density at radius 3 is 2.72 bits per heavy atom. The highest BCUT2D eigenvalue weighted by atomic mass is 127. The van der Waals surface area contributed by atoms with Crippen LogP contribution in [0.4, 0.5) is 0 Å². The molecule has 2 aromatic carbocycles. The molecule has 0 amide bonds. The second-order valence-corrected chi connectivity index (χ2v) is 6.28. The highest BCUT2D eigenvalue weighted by Crippen LogP contribution is 2.21. The normalized spacial score (nSPS) is 11.1. The van der Waals surface area contributed by atoms with Gasteiger partial charge in [0.2, 0.25) is 0 Å². The van der Waals surface area contributed by atoms with Gasteiger partial charge in [0.25, 0.3) is 5.56 Å². The Hall–Kier alpha value is -2.75. The van der Waals surface area contributed by atoms with Crippen LogP contribution in [0.3, 0.4) is 0 Å². The molecule has 25 heavy (non-hydrogen) atoms. The number of benzene rings is 2. The molecule has 0 bridgehead atoms. The topological polar surface area (TPSA) is 93.5 Å². The predicted octanol–water partition coefficient (Wildman–Crippen LogP) is 2.10. The van der Waals surface area contributed by atoms with Gasteiger partial charge in [-0.2, -0.15) is 5.10 Å². The van der Waals surface area contributed by atoms with Crippen LogP contribution in [0.1, 0.15) is 12.5 Å². The lowest BCUT2D eigenvalue weighted by molar-refractivity contribution is -0.131. The summed E-state index contributed by atoms with van der Waals surface area (Å²) in [6.07, 6.45) is 1.39. The molecule has 8 heteroatoms. The zero-order chi connectivity index (χ0) is 18.0. The number of nitrogens with one attached hydrogen (secondary N) is 1. The van der Waals surface area contributed by atoms with Gasteiger partial charge in [-0.25, -0.2) is 4.79 Å². The molecule has 3 rings (SSSR count). The van der Waals surface area contributed by atoms with Crippen molar-refractivity contribution in [2.45, 2.75) is 6.92 Å². The van der Waals surface area contributed by atoms with E-state index >= 15 is 0 Å². The first-order valence-corrected chi connectivity index (χ1v) is 8.30. The molecule has 1 aromatic heterocycles. The van der Waals surface area contributed by atoms with Crippen molar-refractivity contribution in [2.75, 3.05) is 0 Å². The third-order valence-corrected chi connectivity index (χ3v) is 4.16. The number of rotatable bonds is 3. The lowest BCUT2D eigenvalue weighted by Crippen LogP contribution is -2.32. The Morgan fingerprint density at radius 2 is 2.00 bits per heavy atom. The highest BCUT2D eigenvalue weighted by molar-refractivity contribution is 14.1. The van der Waals surface area contributed by atoms with Crippen LogP contribution in [0.2, 0.25) is 0 Å². The molecular formula is C17H12IN3O4. The number of ether oxygens (including phenoxy) is 1. The minimum Gasteiger partial charge on any atom is -0.426 e. The zero-order valence-electron chi connectivity index (χ0n) is 13.0. The van der Waals surface area contributed by atoms with E-state index in [2.05, 4.69) is 10.1 Å². The maximum Gasteiger partial charge on any atom is 0.349 e. The number of aromatic amines is 1. The maximum atomic E-state index is 12.4. The highest BCUT2D eigenvalue weighted by Gasteiger charge is 2.07. The molecule has 126 valence electrons. The molecule has 0 saturated carbocycles. The smallest absolute Gasteiger partial charge is 0.349 e. The van der Waals surface area contributed by atoms with Crippen molar-refractivity contribution in [1.82, 2.24) is 9.66 Å². The average molecular weight is 449 g/mol. The molecule has 7 nitrogen and oxygen atoms in total. The van der Waals surface area contributed by atoms with E-state index in [0.717, 1.165) is 4.68 Å². The van der Waals surface area contributed by atoms with E-state index < -0.39 is 17.2 Å². The van der Waals surface area contributed by atoms with Crippen LogP contribution in [0, 0.1) is 3.57 Å². The summed E-state index contributed by atoms with van der Waals surface area (Å²) in [7, 11) is 0. The second-order valence-electron chi connectivity index (χ2n) is 5.12. The molecule has 1 heterocycles. The number of fused-ring (bicyclic) bond motifs is 1. The van der Waals surface area contributed by atoms with Gasteiger partial charge in [-0.1, -0.05) is 12.1 Å². The molecule has 3 aromatic rings. The fourth-order valence-electron chi connectivity index (χ4n) is 2.22. The Bertz CT molecular complexity index is 1110. The lowest BCUT2D eigenvalue weighted by Gasteiger charge is -2.04. The number of carbonyl (C=O) groups is 1.